The van der Waals surface area contributed by atoms with Gasteiger partial charge in [0.05, 0.1) is 39.6 Å². The number of amides is 1. The van der Waals surface area contributed by atoms with E-state index >= 15 is 0 Å². The summed E-state index contributed by atoms with van der Waals surface area (Å²) in [6.45, 7) is 3.06. The van der Waals surface area contributed by atoms with Gasteiger partial charge in [-0.1, -0.05) is 29.3 Å². The van der Waals surface area contributed by atoms with Crippen LogP contribution in [0, 0.1) is 0 Å². The van der Waals surface area contributed by atoms with Gasteiger partial charge in [-0.2, -0.15) is 0 Å². The normalized spacial score (nSPS) is 24.4. The van der Waals surface area contributed by atoms with Crippen LogP contribution in [0.5, 0.6) is 5.75 Å². The number of rotatable bonds is 5. The lowest BCUT2D eigenvalue weighted by atomic mass is 9.93. The zero-order valence-electron chi connectivity index (χ0n) is 18.6. The summed E-state index contributed by atoms with van der Waals surface area (Å²) in [5.74, 6) is 0.670. The molecule has 178 valence electrons. The van der Waals surface area contributed by atoms with Gasteiger partial charge >= 0.3 is 5.91 Å². The maximum Gasteiger partial charge on any atom is 0.346 e. The Morgan fingerprint density at radius 2 is 1.70 bits per heavy atom. The predicted molar refractivity (Wildman–Crippen MR) is 130 cm³/mol. The Kier molecular flexibility index (Phi) is 7.36. The van der Waals surface area contributed by atoms with Crippen molar-refractivity contribution in [2.75, 3.05) is 32.4 Å². The minimum atomic E-state index is -3.39. The van der Waals surface area contributed by atoms with Gasteiger partial charge in [-0.05, 0) is 30.3 Å². The zero-order valence-corrected chi connectivity index (χ0v) is 20.9. The molecule has 0 saturated carbocycles. The van der Waals surface area contributed by atoms with Crippen LogP contribution in [0.3, 0.4) is 0 Å². The molecule has 2 saturated heterocycles. The molecule has 0 aliphatic carbocycles. The van der Waals surface area contributed by atoms with E-state index in [2.05, 4.69) is 5.32 Å². The number of sulfone groups is 1. The van der Waals surface area contributed by atoms with Crippen molar-refractivity contribution in [3.8, 4) is 5.75 Å². The molecule has 2 heterocycles. The van der Waals surface area contributed by atoms with E-state index in [9.17, 15) is 13.2 Å². The Bertz CT molecular complexity index is 1130. The molecule has 0 unspecified atom stereocenters. The third-order valence-corrected chi connectivity index (χ3v) is 8.66. The maximum atomic E-state index is 13.9. The summed E-state index contributed by atoms with van der Waals surface area (Å²) in [4.78, 5) is 14.1. The number of nitrogens with zero attached hydrogens (tertiary/aromatic N) is 1. The third kappa shape index (κ3) is 5.38. The molecule has 2 aromatic rings. The van der Waals surface area contributed by atoms with E-state index in [1.54, 1.807) is 30.3 Å². The zero-order chi connectivity index (χ0) is 23.6. The van der Waals surface area contributed by atoms with Crippen LogP contribution in [0.4, 0.5) is 0 Å². The van der Waals surface area contributed by atoms with Crippen molar-refractivity contribution in [2.24, 2.45) is 0 Å². The highest BCUT2D eigenvalue weighted by Gasteiger charge is 2.48. The average molecular weight is 512 g/mol. The molecule has 6 nitrogen and oxygen atoms in total. The first-order valence-corrected chi connectivity index (χ1v) is 13.9. The number of halogens is 2. The summed E-state index contributed by atoms with van der Waals surface area (Å²) in [5, 5.41) is 4.31. The van der Waals surface area contributed by atoms with Crippen LogP contribution in [0.1, 0.15) is 36.0 Å². The van der Waals surface area contributed by atoms with Crippen molar-refractivity contribution in [2.45, 2.75) is 42.7 Å². The van der Waals surface area contributed by atoms with Gasteiger partial charge < -0.3 is 10.1 Å². The number of nitrogens with one attached hydrogen (secondary N) is 1. The van der Waals surface area contributed by atoms with Crippen LogP contribution in [-0.2, 0) is 9.84 Å². The maximum absolute atomic E-state index is 13.9. The van der Waals surface area contributed by atoms with Crippen LogP contribution < -0.4 is 10.1 Å². The van der Waals surface area contributed by atoms with Gasteiger partial charge in [0.2, 0.25) is 0 Å². The van der Waals surface area contributed by atoms with Crippen molar-refractivity contribution in [1.82, 2.24) is 5.32 Å². The second-order valence-corrected chi connectivity index (χ2v) is 11.8. The number of hydrogen-bond donors (Lipinski definition) is 1. The van der Waals surface area contributed by atoms with Crippen LogP contribution in [0.25, 0.3) is 0 Å². The van der Waals surface area contributed by atoms with Gasteiger partial charge in [0, 0.05) is 51.1 Å². The van der Waals surface area contributed by atoms with Crippen molar-refractivity contribution in [1.29, 1.82) is 0 Å². The second-order valence-electron chi connectivity index (χ2n) is 8.96. The summed E-state index contributed by atoms with van der Waals surface area (Å²) < 4.78 is 30.6. The lowest BCUT2D eigenvalue weighted by molar-refractivity contribution is -0.881. The van der Waals surface area contributed by atoms with E-state index in [4.69, 9.17) is 27.9 Å². The summed E-state index contributed by atoms with van der Waals surface area (Å²) in [5.41, 5.74) is 0.459. The van der Waals surface area contributed by atoms with Gasteiger partial charge in [-0.15, -0.1) is 0 Å². The SMILES string of the molecule is CS(=O)(=O)c1cccc(C(=O)[N+]2(C3CCNCC3)CCC(Oc3ccc(Cl)c(Cl)c3)CC2)c1. The number of piperidine rings is 2. The summed E-state index contributed by atoms with van der Waals surface area (Å²) in [6, 6.07) is 11.9. The summed E-state index contributed by atoms with van der Waals surface area (Å²) in [7, 11) is -3.39. The lowest BCUT2D eigenvalue weighted by Gasteiger charge is -2.47. The van der Waals surface area contributed by atoms with Gasteiger partial charge in [0.25, 0.3) is 0 Å². The highest BCUT2D eigenvalue weighted by atomic mass is 35.5. The highest BCUT2D eigenvalue weighted by Crippen LogP contribution is 2.34. The molecule has 1 amide bonds. The van der Waals surface area contributed by atoms with Crippen LogP contribution in [0.15, 0.2) is 47.4 Å². The quantitative estimate of drug-likeness (QED) is 0.604. The first-order valence-electron chi connectivity index (χ1n) is 11.2. The Hall–Kier alpha value is -1.64. The monoisotopic (exact) mass is 511 g/mol. The first-order chi connectivity index (χ1) is 15.7. The Balaban J connectivity index is 1.57. The van der Waals surface area contributed by atoms with Crippen LogP contribution >= 0.6 is 23.2 Å². The van der Waals surface area contributed by atoms with E-state index in [1.807, 2.05) is 0 Å². The molecule has 0 radical (unpaired) electrons. The molecule has 0 spiro atoms. The molecule has 2 fully saturated rings. The molecule has 0 atom stereocenters. The minimum Gasteiger partial charge on any atom is -0.490 e. The topological polar surface area (TPSA) is 72.5 Å². The molecular formula is C24H29Cl2N2O4S+. The number of likely N-dealkylation sites (tertiary alicyclic amines) is 1. The molecule has 4 rings (SSSR count). The predicted octanol–water partition coefficient (Wildman–Crippen LogP) is 4.35. The highest BCUT2D eigenvalue weighted by molar-refractivity contribution is 7.90. The van der Waals surface area contributed by atoms with E-state index in [0.717, 1.165) is 38.8 Å². The lowest BCUT2D eigenvalue weighted by Crippen LogP contribution is -2.65. The molecule has 9 heteroatoms. The van der Waals surface area contributed by atoms with Gasteiger partial charge in [-0.3, -0.25) is 4.48 Å². The van der Waals surface area contributed by atoms with Crippen LogP contribution in [-0.4, -0.2) is 63.4 Å². The molecule has 2 aliphatic heterocycles. The fourth-order valence-corrected chi connectivity index (χ4v) is 5.97. The fraction of sp³-hybridized carbons (Fsp3) is 0.458. The van der Waals surface area contributed by atoms with E-state index in [0.29, 0.717) is 38.9 Å². The Labute approximate surface area is 205 Å². The number of carbonyl (C=O) groups excluding carboxylic acids is 1. The first kappa shape index (κ1) is 24.5. The van der Waals surface area contributed by atoms with Crippen molar-refractivity contribution >= 4 is 38.9 Å². The molecule has 1 N–H and O–H groups in total. The van der Waals surface area contributed by atoms with Crippen molar-refractivity contribution in [3.63, 3.8) is 0 Å². The van der Waals surface area contributed by atoms with Gasteiger partial charge in [-0.25, -0.2) is 13.2 Å². The number of quaternary nitrogens is 1. The molecule has 2 aromatic carbocycles. The standard InChI is InChI=1S/C24H29Cl2N2O4S/c1-33(30,31)21-4-2-3-17(15-21)24(29)28(18-7-11-27-12-8-18)13-9-19(10-14-28)32-20-5-6-22(25)23(26)16-20/h2-6,15-16,18-19,27H,7-14H2,1H3/q+1. The second kappa shape index (κ2) is 9.92. The number of ether oxygens (including phenoxy) is 1. The van der Waals surface area contributed by atoms with E-state index < -0.39 is 9.84 Å². The molecular weight excluding hydrogens is 483 g/mol. The van der Waals surface area contributed by atoms with Gasteiger partial charge in [0.15, 0.2) is 9.84 Å². The number of carbonyl (C=O) groups is 1. The molecule has 0 bridgehead atoms. The molecule has 0 aromatic heterocycles. The summed E-state index contributed by atoms with van der Waals surface area (Å²) in [6.07, 6.45) is 4.42. The Morgan fingerprint density at radius 3 is 2.33 bits per heavy atom. The molecule has 2 aliphatic rings. The Morgan fingerprint density at radius 1 is 1.00 bits per heavy atom. The van der Waals surface area contributed by atoms with Crippen LogP contribution in [0.2, 0.25) is 10.0 Å². The van der Waals surface area contributed by atoms with E-state index in [-0.39, 0.29) is 22.9 Å². The smallest absolute Gasteiger partial charge is 0.346 e. The average Bonchev–Trinajstić information content (AvgIpc) is 2.82. The number of hydrogen-bond acceptors (Lipinski definition) is 5. The van der Waals surface area contributed by atoms with Gasteiger partial charge in [0.1, 0.15) is 11.9 Å². The summed E-state index contributed by atoms with van der Waals surface area (Å²) >= 11 is 12.1. The van der Waals surface area contributed by atoms with E-state index in [1.165, 1.54) is 18.4 Å². The van der Waals surface area contributed by atoms with Crippen molar-refractivity contribution in [3.05, 3.63) is 58.1 Å². The fourth-order valence-electron chi connectivity index (χ4n) is 5.02. The van der Waals surface area contributed by atoms with Crippen molar-refractivity contribution < 1.29 is 22.4 Å². The number of benzene rings is 2. The third-order valence-electron chi connectivity index (χ3n) is 6.82. The largest absolute Gasteiger partial charge is 0.490 e. The minimum absolute atomic E-state index is 0.000359. The molecule has 33 heavy (non-hydrogen) atoms.